The minimum atomic E-state index is 0.583. The molecule has 13 rings (SSSR count). The minimum absolute atomic E-state index is 0.583. The normalized spacial score (nSPS) is 11.8. The highest BCUT2D eigenvalue weighted by atomic mass is 32.1. The highest BCUT2D eigenvalue weighted by Crippen LogP contribution is 2.43. The molecule has 0 radical (unpaired) electrons. The van der Waals surface area contributed by atoms with Gasteiger partial charge in [0.05, 0.1) is 16.7 Å². The summed E-state index contributed by atoms with van der Waals surface area (Å²) in [6.07, 6.45) is 0. The van der Waals surface area contributed by atoms with Gasteiger partial charge in [0, 0.05) is 58.4 Å². The Morgan fingerprint density at radius 1 is 0.365 bits per heavy atom. The predicted octanol–water partition coefficient (Wildman–Crippen LogP) is 15.6. The topological polar surface area (TPSA) is 56.7 Å². The average molecular weight is 823 g/mol. The van der Waals surface area contributed by atoms with Crippen LogP contribution >= 0.6 is 11.3 Å². The van der Waals surface area contributed by atoms with E-state index in [1.165, 1.54) is 53.2 Å². The highest BCUT2D eigenvalue weighted by Gasteiger charge is 2.20. The van der Waals surface area contributed by atoms with Crippen LogP contribution < -0.4 is 0 Å². The molecule has 4 heterocycles. The van der Waals surface area contributed by atoms with Crippen LogP contribution in [0.5, 0.6) is 0 Å². The third-order valence-electron chi connectivity index (χ3n) is 12.3. The van der Waals surface area contributed by atoms with Gasteiger partial charge in [-0.2, -0.15) is 0 Å². The Morgan fingerprint density at radius 3 is 1.73 bits per heavy atom. The molecule has 5 nitrogen and oxygen atoms in total. The van der Waals surface area contributed by atoms with Crippen LogP contribution in [-0.4, -0.2) is 19.5 Å². The van der Waals surface area contributed by atoms with Crippen molar-refractivity contribution in [1.29, 1.82) is 0 Å². The first-order valence-electron chi connectivity index (χ1n) is 21.1. The van der Waals surface area contributed by atoms with Crippen molar-refractivity contribution in [2.75, 3.05) is 0 Å². The zero-order chi connectivity index (χ0) is 41.4. The van der Waals surface area contributed by atoms with Gasteiger partial charge in [-0.05, 0) is 64.7 Å². The van der Waals surface area contributed by atoms with E-state index >= 15 is 0 Å². The molecule has 0 spiro atoms. The van der Waals surface area contributed by atoms with Gasteiger partial charge in [0.1, 0.15) is 5.58 Å². The molecule has 0 unspecified atom stereocenters. The first-order chi connectivity index (χ1) is 31.2. The first kappa shape index (κ1) is 35.6. The van der Waals surface area contributed by atoms with Gasteiger partial charge in [-0.15, -0.1) is 11.3 Å². The lowest BCUT2D eigenvalue weighted by molar-refractivity contribution is 0.666. The van der Waals surface area contributed by atoms with Crippen molar-refractivity contribution in [3.05, 3.63) is 206 Å². The third kappa shape index (κ3) is 5.80. The molecule has 0 saturated heterocycles. The molecule has 63 heavy (non-hydrogen) atoms. The monoisotopic (exact) mass is 822 g/mol. The molecular weight excluding hydrogens is 789 g/mol. The van der Waals surface area contributed by atoms with E-state index in [4.69, 9.17) is 19.4 Å². The van der Waals surface area contributed by atoms with Gasteiger partial charge in [0.2, 0.25) is 0 Å². The molecular formula is C57H34N4OS. The van der Waals surface area contributed by atoms with Crippen LogP contribution in [0.3, 0.4) is 0 Å². The summed E-state index contributed by atoms with van der Waals surface area (Å²) in [6.45, 7) is 0. The van der Waals surface area contributed by atoms with E-state index in [1.54, 1.807) is 11.3 Å². The van der Waals surface area contributed by atoms with Gasteiger partial charge >= 0.3 is 0 Å². The van der Waals surface area contributed by atoms with Crippen LogP contribution in [0, 0.1) is 0 Å². The Morgan fingerprint density at radius 2 is 0.952 bits per heavy atom. The summed E-state index contributed by atoms with van der Waals surface area (Å²) < 4.78 is 11.7. The molecule has 0 atom stereocenters. The molecule has 6 heteroatoms. The SMILES string of the molecule is c1ccc(-c2ccc3c4ccccc4n(-c4cccc5c4oc4cc(-c6nc(-c7ccccc7)nc(-c7ccc8c(c7)sc7cccc(-c9ccccc9)c78)n6)ccc45)c3c2)cc1. The Kier molecular flexibility index (Phi) is 8.01. The van der Waals surface area contributed by atoms with Gasteiger partial charge in [-0.1, -0.05) is 164 Å². The van der Waals surface area contributed by atoms with Crippen LogP contribution in [-0.2, 0) is 0 Å². The van der Waals surface area contributed by atoms with Gasteiger partial charge in [-0.25, -0.2) is 15.0 Å². The molecule has 0 aliphatic carbocycles. The van der Waals surface area contributed by atoms with Crippen molar-refractivity contribution in [3.63, 3.8) is 0 Å². The standard InChI is InChI=1S/C57H34N4OS/c1-4-14-35(15-5-1)38-26-29-43-42-20-10-11-23-47(42)61(49(43)32-38)48-24-12-22-45-44-30-27-39(33-50(44)62-54(45)48)56-58-55(37-18-8-3-9-19-37)59-57(60-56)40-28-31-46-52(34-40)63-51-25-13-21-41(53(46)51)36-16-6-2-7-17-36/h1-34H. The summed E-state index contributed by atoms with van der Waals surface area (Å²) in [4.78, 5) is 15.4. The summed E-state index contributed by atoms with van der Waals surface area (Å²) in [7, 11) is 0. The van der Waals surface area contributed by atoms with Crippen molar-refractivity contribution >= 4 is 75.3 Å². The summed E-state index contributed by atoms with van der Waals surface area (Å²) in [5, 5.41) is 6.98. The molecule has 0 aliphatic rings. The lowest BCUT2D eigenvalue weighted by Crippen LogP contribution is -2.00. The number of para-hydroxylation sites is 2. The maximum atomic E-state index is 6.94. The summed E-state index contributed by atoms with van der Waals surface area (Å²) in [5.74, 6) is 1.82. The number of fused-ring (bicyclic) bond motifs is 9. The van der Waals surface area contributed by atoms with Gasteiger partial charge in [0.15, 0.2) is 23.1 Å². The molecule has 9 aromatic carbocycles. The second-order valence-electron chi connectivity index (χ2n) is 15.9. The van der Waals surface area contributed by atoms with E-state index in [1.807, 2.05) is 30.3 Å². The minimum Gasteiger partial charge on any atom is -0.454 e. The molecule has 294 valence electrons. The highest BCUT2D eigenvalue weighted by molar-refractivity contribution is 7.26. The lowest BCUT2D eigenvalue weighted by atomic mass is 9.99. The molecule has 0 saturated carbocycles. The van der Waals surface area contributed by atoms with Crippen molar-refractivity contribution in [1.82, 2.24) is 19.5 Å². The number of rotatable bonds is 6. The molecule has 0 N–H and O–H groups in total. The molecule has 13 aromatic rings. The van der Waals surface area contributed by atoms with Crippen molar-refractivity contribution in [2.24, 2.45) is 0 Å². The molecule has 0 aliphatic heterocycles. The van der Waals surface area contributed by atoms with Gasteiger partial charge in [0.25, 0.3) is 0 Å². The molecule has 4 aromatic heterocycles. The van der Waals surface area contributed by atoms with Gasteiger partial charge in [-0.3, -0.25) is 0 Å². The van der Waals surface area contributed by atoms with Crippen molar-refractivity contribution in [3.8, 4) is 62.1 Å². The average Bonchev–Trinajstić information content (AvgIpc) is 4.03. The zero-order valence-corrected chi connectivity index (χ0v) is 34.6. The number of thiophene rings is 1. The van der Waals surface area contributed by atoms with E-state index in [9.17, 15) is 0 Å². The van der Waals surface area contributed by atoms with Crippen LogP contribution in [0.15, 0.2) is 211 Å². The third-order valence-corrected chi connectivity index (χ3v) is 13.4. The van der Waals surface area contributed by atoms with Gasteiger partial charge < -0.3 is 8.98 Å². The van der Waals surface area contributed by atoms with E-state index in [0.29, 0.717) is 17.5 Å². The quantitative estimate of drug-likeness (QED) is 0.168. The summed E-state index contributed by atoms with van der Waals surface area (Å²) in [6, 6.07) is 72.6. The molecule has 0 fully saturated rings. The van der Waals surface area contributed by atoms with E-state index in [-0.39, 0.29) is 0 Å². The Labute approximate surface area is 365 Å². The van der Waals surface area contributed by atoms with Crippen LogP contribution in [0.25, 0.3) is 126 Å². The Hall–Kier alpha value is -8.19. The molecule has 0 bridgehead atoms. The fraction of sp³-hybridized carbons (Fsp3) is 0. The number of nitrogens with zero attached hydrogens (tertiary/aromatic N) is 4. The smallest absolute Gasteiger partial charge is 0.164 e. The van der Waals surface area contributed by atoms with Crippen molar-refractivity contribution in [2.45, 2.75) is 0 Å². The number of aromatic nitrogens is 4. The van der Waals surface area contributed by atoms with E-state index < -0.39 is 0 Å². The second-order valence-corrected chi connectivity index (χ2v) is 17.0. The molecule has 0 amide bonds. The maximum Gasteiger partial charge on any atom is 0.164 e. The maximum absolute atomic E-state index is 6.94. The second kappa shape index (κ2) is 14.2. The Balaban J connectivity index is 0.961. The fourth-order valence-corrected chi connectivity index (χ4v) is 10.5. The van der Waals surface area contributed by atoms with E-state index in [2.05, 4.69) is 180 Å². The Bertz CT molecular complexity index is 3910. The zero-order valence-electron chi connectivity index (χ0n) is 33.7. The lowest BCUT2D eigenvalue weighted by Gasteiger charge is -2.09. The van der Waals surface area contributed by atoms with Crippen molar-refractivity contribution < 1.29 is 4.42 Å². The van der Waals surface area contributed by atoms with Crippen LogP contribution in [0.2, 0.25) is 0 Å². The fourth-order valence-electron chi connectivity index (χ4n) is 9.31. The summed E-state index contributed by atoms with van der Waals surface area (Å²) in [5.41, 5.74) is 12.3. The first-order valence-corrected chi connectivity index (χ1v) is 21.9. The largest absolute Gasteiger partial charge is 0.454 e. The predicted molar refractivity (Wildman–Crippen MR) is 262 cm³/mol. The van der Waals surface area contributed by atoms with Crippen LogP contribution in [0.1, 0.15) is 0 Å². The number of hydrogen-bond donors (Lipinski definition) is 0. The van der Waals surface area contributed by atoms with Crippen LogP contribution in [0.4, 0.5) is 0 Å². The number of hydrogen-bond acceptors (Lipinski definition) is 5. The summed E-state index contributed by atoms with van der Waals surface area (Å²) >= 11 is 1.80. The number of furan rings is 1. The van der Waals surface area contributed by atoms with E-state index in [0.717, 1.165) is 55.3 Å². The number of benzene rings is 9.